The van der Waals surface area contributed by atoms with Gasteiger partial charge in [-0.15, -0.1) is 0 Å². The number of aromatic nitrogens is 3. The molecular weight excluding hydrogens is 414 g/mol. The van der Waals surface area contributed by atoms with Gasteiger partial charge in [0.2, 0.25) is 0 Å². The van der Waals surface area contributed by atoms with Crippen molar-refractivity contribution in [3.63, 3.8) is 0 Å². The maximum absolute atomic E-state index is 13.0. The number of imidazole rings is 1. The van der Waals surface area contributed by atoms with Crippen LogP contribution in [0.3, 0.4) is 0 Å². The summed E-state index contributed by atoms with van der Waals surface area (Å²) in [6, 6.07) is 5.53. The molecule has 0 saturated heterocycles. The molecule has 1 atom stereocenters. The third kappa shape index (κ3) is 3.84. The molecule has 0 aliphatic heterocycles. The zero-order valence-corrected chi connectivity index (χ0v) is 18.8. The Kier molecular flexibility index (Phi) is 5.83. The van der Waals surface area contributed by atoms with E-state index < -0.39 is 22.2 Å². The number of carbonyl (C=O) groups is 1. The van der Waals surface area contributed by atoms with Gasteiger partial charge in [0.15, 0.2) is 5.16 Å². The summed E-state index contributed by atoms with van der Waals surface area (Å²) in [5.74, 6) is 0.196. The van der Waals surface area contributed by atoms with Gasteiger partial charge in [0.25, 0.3) is 0 Å². The molecule has 1 aliphatic rings. The van der Waals surface area contributed by atoms with Crippen molar-refractivity contribution in [2.24, 2.45) is 0 Å². The van der Waals surface area contributed by atoms with E-state index in [4.69, 9.17) is 4.74 Å². The minimum absolute atomic E-state index is 0.216. The first kappa shape index (κ1) is 21.5. The van der Waals surface area contributed by atoms with Crippen LogP contribution in [0.1, 0.15) is 54.5 Å². The molecule has 2 N–H and O–H groups in total. The average Bonchev–Trinajstić information content (AvgIpc) is 3.20. The highest BCUT2D eigenvalue weighted by Crippen LogP contribution is 2.40. The highest BCUT2D eigenvalue weighted by molar-refractivity contribution is 7.84. The summed E-state index contributed by atoms with van der Waals surface area (Å²) in [7, 11) is 0.188. The second-order valence-electron chi connectivity index (χ2n) is 8.26. The number of ether oxygens (including phenoxy) is 1. The van der Waals surface area contributed by atoms with Gasteiger partial charge in [-0.2, -0.15) is 0 Å². The van der Waals surface area contributed by atoms with Crippen LogP contribution in [-0.4, -0.2) is 37.3 Å². The number of aliphatic carboxylic acids is 1. The molecule has 0 spiro atoms. The van der Waals surface area contributed by atoms with E-state index >= 15 is 0 Å². The molecule has 1 unspecified atom stereocenters. The normalized spacial score (nSPS) is 16.9. The number of aromatic amines is 1. The molecule has 8 heteroatoms. The van der Waals surface area contributed by atoms with Gasteiger partial charge in [-0.25, -0.2) is 4.98 Å². The Balaban J connectivity index is 1.64. The maximum atomic E-state index is 13.0. The molecule has 0 amide bonds. The smallest absolute Gasteiger partial charge is 0.314 e. The van der Waals surface area contributed by atoms with E-state index in [1.165, 1.54) is 0 Å². The lowest BCUT2D eigenvalue weighted by Crippen LogP contribution is -2.37. The fourth-order valence-electron chi connectivity index (χ4n) is 4.58. The molecular formula is C23H27N3O4S. The summed E-state index contributed by atoms with van der Waals surface area (Å²) in [6.07, 6.45) is 5.90. The summed E-state index contributed by atoms with van der Waals surface area (Å²) in [5, 5.41) is 10.3. The molecule has 2 heterocycles. The first-order valence-electron chi connectivity index (χ1n) is 10.5. The first-order valence-corrected chi connectivity index (χ1v) is 11.8. The quantitative estimate of drug-likeness (QED) is 0.595. The zero-order chi connectivity index (χ0) is 22.2. The number of nitrogens with zero attached hydrogens (tertiary/aromatic N) is 2. The molecule has 1 aromatic carbocycles. The topological polar surface area (TPSA) is 105 Å². The van der Waals surface area contributed by atoms with Crippen molar-refractivity contribution in [1.82, 2.24) is 15.0 Å². The molecule has 164 valence electrons. The third-order valence-electron chi connectivity index (χ3n) is 6.36. The van der Waals surface area contributed by atoms with E-state index in [0.717, 1.165) is 41.7 Å². The number of carboxylic acid groups (broad SMARTS) is 1. The van der Waals surface area contributed by atoms with Crippen LogP contribution in [-0.2, 0) is 26.8 Å². The van der Waals surface area contributed by atoms with E-state index in [-0.39, 0.29) is 5.75 Å². The predicted molar refractivity (Wildman–Crippen MR) is 119 cm³/mol. The highest BCUT2D eigenvalue weighted by atomic mass is 32.2. The second-order valence-corrected chi connectivity index (χ2v) is 9.62. The van der Waals surface area contributed by atoms with Crippen molar-refractivity contribution in [3.05, 3.63) is 46.8 Å². The Hall–Kier alpha value is -2.74. The van der Waals surface area contributed by atoms with Gasteiger partial charge in [-0.05, 0) is 44.4 Å². The van der Waals surface area contributed by atoms with E-state index in [1.54, 1.807) is 13.3 Å². The third-order valence-corrected chi connectivity index (χ3v) is 7.52. The predicted octanol–water partition coefficient (Wildman–Crippen LogP) is 4.18. The van der Waals surface area contributed by atoms with Crippen molar-refractivity contribution in [1.29, 1.82) is 0 Å². The minimum Gasteiger partial charge on any atom is -0.496 e. The van der Waals surface area contributed by atoms with Gasteiger partial charge < -0.3 is 14.8 Å². The fourth-order valence-corrected chi connectivity index (χ4v) is 5.68. The number of nitrogens with one attached hydrogen (secondary N) is 1. The van der Waals surface area contributed by atoms with Crippen LogP contribution in [0.4, 0.5) is 0 Å². The van der Waals surface area contributed by atoms with Gasteiger partial charge in [-0.1, -0.05) is 25.3 Å². The van der Waals surface area contributed by atoms with Crippen LogP contribution < -0.4 is 4.74 Å². The number of H-pyrrole nitrogens is 1. The van der Waals surface area contributed by atoms with E-state index in [1.807, 2.05) is 32.0 Å². The molecule has 1 fully saturated rings. The molecule has 2 aromatic heterocycles. The van der Waals surface area contributed by atoms with Gasteiger partial charge >= 0.3 is 5.97 Å². The van der Waals surface area contributed by atoms with Crippen LogP contribution in [0.5, 0.6) is 5.75 Å². The Morgan fingerprint density at radius 2 is 2.00 bits per heavy atom. The number of pyridine rings is 1. The summed E-state index contributed by atoms with van der Waals surface area (Å²) in [6.45, 7) is 3.83. The molecule has 1 aliphatic carbocycles. The Morgan fingerprint density at radius 3 is 2.68 bits per heavy atom. The number of carboxylic acids is 1. The van der Waals surface area contributed by atoms with Crippen LogP contribution in [0, 0.1) is 13.8 Å². The van der Waals surface area contributed by atoms with Crippen LogP contribution >= 0.6 is 0 Å². The standard InChI is InChI=1S/C23H27N3O4S/c1-14-12-24-19(15(2)20(14)30-3)13-31(29)22-25-17-8-7-16(11-18(17)26-22)23(21(27)28)9-5-4-6-10-23/h7-8,11-12H,4-6,9-10,13H2,1-3H3,(H,25,26)(H,27,28). The lowest BCUT2D eigenvalue weighted by Gasteiger charge is -2.33. The average molecular weight is 442 g/mol. The fraction of sp³-hybridized carbons (Fsp3) is 0.435. The summed E-state index contributed by atoms with van der Waals surface area (Å²) < 4.78 is 18.5. The van der Waals surface area contributed by atoms with Gasteiger partial charge in [0.1, 0.15) is 5.75 Å². The zero-order valence-electron chi connectivity index (χ0n) is 18.0. The van der Waals surface area contributed by atoms with Crippen molar-refractivity contribution in [2.75, 3.05) is 7.11 Å². The van der Waals surface area contributed by atoms with E-state index in [9.17, 15) is 14.1 Å². The number of rotatable bonds is 6. The van der Waals surface area contributed by atoms with Crippen molar-refractivity contribution >= 4 is 27.8 Å². The number of hydrogen-bond donors (Lipinski definition) is 2. The summed E-state index contributed by atoms with van der Waals surface area (Å²) in [4.78, 5) is 24.2. The Labute approximate surface area is 183 Å². The van der Waals surface area contributed by atoms with E-state index in [2.05, 4.69) is 15.0 Å². The van der Waals surface area contributed by atoms with Crippen LogP contribution in [0.2, 0.25) is 0 Å². The van der Waals surface area contributed by atoms with Crippen LogP contribution in [0.25, 0.3) is 11.0 Å². The van der Waals surface area contributed by atoms with Crippen molar-refractivity contribution in [3.8, 4) is 5.75 Å². The number of benzene rings is 1. The first-order chi connectivity index (χ1) is 14.9. The highest BCUT2D eigenvalue weighted by Gasteiger charge is 2.41. The largest absolute Gasteiger partial charge is 0.496 e. The number of methoxy groups -OCH3 is 1. The number of aryl methyl sites for hydroxylation is 1. The Morgan fingerprint density at radius 1 is 1.26 bits per heavy atom. The molecule has 7 nitrogen and oxygen atoms in total. The SMILES string of the molecule is COc1c(C)cnc(CS(=O)c2nc3ccc(C4(C(=O)O)CCCCC4)cc3[nH]2)c1C. The maximum Gasteiger partial charge on any atom is 0.314 e. The van der Waals surface area contributed by atoms with Crippen LogP contribution in [0.15, 0.2) is 29.6 Å². The number of hydrogen-bond acceptors (Lipinski definition) is 5. The second kappa shape index (κ2) is 8.42. The summed E-state index contributed by atoms with van der Waals surface area (Å²) in [5.41, 5.74) is 3.82. The summed E-state index contributed by atoms with van der Waals surface area (Å²) >= 11 is 0. The lowest BCUT2D eigenvalue weighted by atomic mass is 9.69. The monoisotopic (exact) mass is 441 g/mol. The Bertz CT molecular complexity index is 1170. The molecule has 3 aromatic rings. The number of fused-ring (bicyclic) bond motifs is 1. The molecule has 0 radical (unpaired) electrons. The molecule has 4 rings (SSSR count). The molecule has 31 heavy (non-hydrogen) atoms. The molecule has 1 saturated carbocycles. The van der Waals surface area contributed by atoms with Gasteiger partial charge in [-0.3, -0.25) is 14.0 Å². The van der Waals surface area contributed by atoms with Crippen molar-refractivity contribution < 1.29 is 18.8 Å². The van der Waals surface area contributed by atoms with Gasteiger partial charge in [0.05, 0.1) is 45.8 Å². The van der Waals surface area contributed by atoms with E-state index in [0.29, 0.717) is 34.7 Å². The minimum atomic E-state index is -1.43. The lowest BCUT2D eigenvalue weighted by molar-refractivity contribution is -0.145. The van der Waals surface area contributed by atoms with Gasteiger partial charge in [0, 0.05) is 17.3 Å². The van der Waals surface area contributed by atoms with Crippen molar-refractivity contribution in [2.45, 2.75) is 62.3 Å². The molecule has 0 bridgehead atoms.